The number of carbonyl (C=O) groups is 1. The molecule has 0 aromatic heterocycles. The number of carbonyl (C=O) groups excluding carboxylic acids is 1. The summed E-state index contributed by atoms with van der Waals surface area (Å²) >= 11 is 0. The zero-order chi connectivity index (χ0) is 8.85. The Balaban J connectivity index is 3.92. The largest absolute Gasteiger partial charge is 0.330 e. The smallest absolute Gasteiger partial charge is 0.137 e. The van der Waals surface area contributed by atoms with E-state index in [2.05, 4.69) is 0 Å². The molecule has 0 fully saturated rings. The van der Waals surface area contributed by atoms with Crippen LogP contribution < -0.4 is 5.73 Å². The molecule has 0 aromatic rings. The molecule has 2 nitrogen and oxygen atoms in total. The normalized spacial score (nSPS) is 13.5. The first-order chi connectivity index (χ1) is 5.13. The fourth-order valence-electron chi connectivity index (χ4n) is 1.21. The van der Waals surface area contributed by atoms with Crippen LogP contribution in [0.2, 0.25) is 0 Å². The highest BCUT2D eigenvalue weighted by molar-refractivity contribution is 5.81. The molecule has 0 aliphatic carbocycles. The Bertz CT molecular complexity index is 121. The maximum Gasteiger partial charge on any atom is 0.137 e. The number of Topliss-reactive ketones (excluding diaryl/α,β-unsaturated/α-hetero) is 1. The Labute approximate surface area is 69.2 Å². The van der Waals surface area contributed by atoms with Crippen molar-refractivity contribution < 1.29 is 4.79 Å². The molecule has 2 N–H and O–H groups in total. The molecule has 0 aromatic carbocycles. The van der Waals surface area contributed by atoms with Gasteiger partial charge in [-0.25, -0.2) is 0 Å². The molecule has 11 heavy (non-hydrogen) atoms. The molecule has 0 aliphatic rings. The maximum absolute atomic E-state index is 11.3. The van der Waals surface area contributed by atoms with E-state index in [0.29, 0.717) is 24.7 Å². The minimum absolute atomic E-state index is 0.0787. The fourth-order valence-corrected chi connectivity index (χ4v) is 1.21. The van der Waals surface area contributed by atoms with Crippen LogP contribution in [0.5, 0.6) is 0 Å². The topological polar surface area (TPSA) is 43.1 Å². The number of rotatable bonds is 5. The van der Waals surface area contributed by atoms with Crippen LogP contribution in [0.4, 0.5) is 0 Å². The molecule has 0 heterocycles. The van der Waals surface area contributed by atoms with E-state index >= 15 is 0 Å². The Morgan fingerprint density at radius 3 is 2.27 bits per heavy atom. The molecule has 0 radical (unpaired) electrons. The lowest BCUT2D eigenvalue weighted by molar-refractivity contribution is -0.123. The van der Waals surface area contributed by atoms with Gasteiger partial charge in [0.05, 0.1) is 0 Å². The third-order valence-corrected chi connectivity index (χ3v) is 1.97. The number of nitrogens with two attached hydrogens (primary N) is 1. The van der Waals surface area contributed by atoms with Crippen LogP contribution in [-0.4, -0.2) is 12.3 Å². The van der Waals surface area contributed by atoms with Gasteiger partial charge >= 0.3 is 0 Å². The second kappa shape index (κ2) is 5.30. The average molecular weight is 157 g/mol. The van der Waals surface area contributed by atoms with Crippen molar-refractivity contribution in [2.75, 3.05) is 6.54 Å². The number of ketones is 1. The first-order valence-electron chi connectivity index (χ1n) is 4.36. The van der Waals surface area contributed by atoms with E-state index in [0.717, 1.165) is 6.42 Å². The molecule has 0 saturated carbocycles. The van der Waals surface area contributed by atoms with E-state index in [1.54, 1.807) is 0 Å². The summed E-state index contributed by atoms with van der Waals surface area (Å²) in [5.41, 5.74) is 5.48. The molecular formula is C9H19NO. The molecule has 0 amide bonds. The number of hydrogen-bond acceptors (Lipinski definition) is 2. The minimum atomic E-state index is 0.0787. The van der Waals surface area contributed by atoms with Gasteiger partial charge in [0.25, 0.3) is 0 Å². The van der Waals surface area contributed by atoms with Crippen LogP contribution >= 0.6 is 0 Å². The molecule has 0 saturated heterocycles. The van der Waals surface area contributed by atoms with Crippen molar-refractivity contribution in [3.8, 4) is 0 Å². The lowest BCUT2D eigenvalue weighted by Crippen LogP contribution is -2.28. The third-order valence-electron chi connectivity index (χ3n) is 1.97. The average Bonchev–Trinajstić information content (AvgIpc) is 1.88. The fraction of sp³-hybridized carbons (Fsp3) is 0.889. The molecular weight excluding hydrogens is 138 g/mol. The summed E-state index contributed by atoms with van der Waals surface area (Å²) in [6, 6.07) is 0. The summed E-state index contributed by atoms with van der Waals surface area (Å²) in [7, 11) is 0. The second-order valence-corrected chi connectivity index (χ2v) is 3.30. The Kier molecular flexibility index (Phi) is 5.12. The van der Waals surface area contributed by atoms with Crippen LogP contribution in [0, 0.1) is 11.8 Å². The van der Waals surface area contributed by atoms with Gasteiger partial charge in [-0.05, 0) is 12.3 Å². The zero-order valence-corrected chi connectivity index (χ0v) is 7.76. The zero-order valence-electron chi connectivity index (χ0n) is 7.76. The van der Waals surface area contributed by atoms with Crippen LogP contribution in [0.3, 0.4) is 0 Å². The SMILES string of the molecule is CCCC(=O)C(CN)C(C)C. The van der Waals surface area contributed by atoms with Crippen LogP contribution in [0.1, 0.15) is 33.6 Å². The van der Waals surface area contributed by atoms with Gasteiger partial charge in [0.2, 0.25) is 0 Å². The van der Waals surface area contributed by atoms with E-state index in [-0.39, 0.29) is 5.92 Å². The Hall–Kier alpha value is -0.370. The van der Waals surface area contributed by atoms with Crippen molar-refractivity contribution in [2.45, 2.75) is 33.6 Å². The molecule has 0 bridgehead atoms. The standard InChI is InChI=1S/C9H19NO/c1-4-5-9(11)8(6-10)7(2)3/h7-8H,4-6,10H2,1-3H3. The summed E-state index contributed by atoms with van der Waals surface area (Å²) in [4.78, 5) is 11.3. The quantitative estimate of drug-likeness (QED) is 0.658. The van der Waals surface area contributed by atoms with Gasteiger partial charge in [-0.1, -0.05) is 20.8 Å². The van der Waals surface area contributed by atoms with Crippen molar-refractivity contribution in [1.29, 1.82) is 0 Å². The van der Waals surface area contributed by atoms with E-state index in [9.17, 15) is 4.79 Å². The molecule has 0 spiro atoms. The van der Waals surface area contributed by atoms with Gasteiger partial charge in [-0.15, -0.1) is 0 Å². The van der Waals surface area contributed by atoms with E-state index in [1.807, 2.05) is 20.8 Å². The van der Waals surface area contributed by atoms with Gasteiger partial charge in [0.1, 0.15) is 5.78 Å². The first kappa shape index (κ1) is 10.6. The van der Waals surface area contributed by atoms with Crippen molar-refractivity contribution >= 4 is 5.78 Å². The Morgan fingerprint density at radius 2 is 2.00 bits per heavy atom. The third kappa shape index (κ3) is 3.51. The van der Waals surface area contributed by atoms with E-state index in [1.165, 1.54) is 0 Å². The van der Waals surface area contributed by atoms with Crippen molar-refractivity contribution in [2.24, 2.45) is 17.6 Å². The highest BCUT2D eigenvalue weighted by atomic mass is 16.1. The molecule has 1 atom stereocenters. The second-order valence-electron chi connectivity index (χ2n) is 3.30. The van der Waals surface area contributed by atoms with Crippen molar-refractivity contribution in [3.63, 3.8) is 0 Å². The van der Waals surface area contributed by atoms with E-state index < -0.39 is 0 Å². The van der Waals surface area contributed by atoms with Crippen molar-refractivity contribution in [3.05, 3.63) is 0 Å². The van der Waals surface area contributed by atoms with Crippen LogP contribution in [0.25, 0.3) is 0 Å². The summed E-state index contributed by atoms with van der Waals surface area (Å²) in [5, 5.41) is 0. The first-order valence-corrected chi connectivity index (χ1v) is 4.36. The summed E-state index contributed by atoms with van der Waals surface area (Å²) in [5.74, 6) is 0.791. The Morgan fingerprint density at radius 1 is 1.45 bits per heavy atom. The van der Waals surface area contributed by atoms with Crippen LogP contribution in [-0.2, 0) is 4.79 Å². The molecule has 0 rings (SSSR count). The van der Waals surface area contributed by atoms with E-state index in [4.69, 9.17) is 5.73 Å². The lowest BCUT2D eigenvalue weighted by Gasteiger charge is -2.16. The van der Waals surface area contributed by atoms with Crippen LogP contribution in [0.15, 0.2) is 0 Å². The highest BCUT2D eigenvalue weighted by Gasteiger charge is 2.18. The number of hydrogen-bond donors (Lipinski definition) is 1. The lowest BCUT2D eigenvalue weighted by atomic mass is 9.90. The summed E-state index contributed by atoms with van der Waals surface area (Å²) in [6.07, 6.45) is 1.61. The highest BCUT2D eigenvalue weighted by Crippen LogP contribution is 2.12. The van der Waals surface area contributed by atoms with Gasteiger partial charge < -0.3 is 5.73 Å². The van der Waals surface area contributed by atoms with Gasteiger partial charge in [-0.2, -0.15) is 0 Å². The maximum atomic E-state index is 11.3. The molecule has 2 heteroatoms. The molecule has 1 unspecified atom stereocenters. The predicted molar refractivity (Wildman–Crippen MR) is 47.3 cm³/mol. The molecule has 0 aliphatic heterocycles. The van der Waals surface area contributed by atoms with Gasteiger partial charge in [-0.3, -0.25) is 4.79 Å². The minimum Gasteiger partial charge on any atom is -0.330 e. The predicted octanol–water partition coefficient (Wildman–Crippen LogP) is 1.59. The van der Waals surface area contributed by atoms with Gasteiger partial charge in [0, 0.05) is 18.9 Å². The molecule has 66 valence electrons. The van der Waals surface area contributed by atoms with Gasteiger partial charge in [0.15, 0.2) is 0 Å². The summed E-state index contributed by atoms with van der Waals surface area (Å²) in [6.45, 7) is 6.61. The van der Waals surface area contributed by atoms with Crippen molar-refractivity contribution in [1.82, 2.24) is 0 Å². The summed E-state index contributed by atoms with van der Waals surface area (Å²) < 4.78 is 0. The monoisotopic (exact) mass is 157 g/mol.